The lowest BCUT2D eigenvalue weighted by molar-refractivity contribution is -0.154. The summed E-state index contributed by atoms with van der Waals surface area (Å²) in [6.07, 6.45) is 44.2. The molecule has 6 heteroatoms. The SMILES string of the molecule is CCCCCCCCC=CCCCCCCCCOCC(CN1CCCCC1)OCCOC(=O)COC1CCC2(C)C(=CCC3C2CCC2(C)C(C(C)CCCC(C)C)CCC32)C1. The number of piperidine rings is 1. The molecule has 0 aromatic rings. The number of carbonyl (C=O) groups is 1. The minimum Gasteiger partial charge on any atom is -0.462 e. The Hall–Kier alpha value is -1.21. The summed E-state index contributed by atoms with van der Waals surface area (Å²) in [5.41, 5.74) is 2.44. The predicted octanol–water partition coefficient (Wildman–Crippen LogP) is 14.9. The average molecular weight is 880 g/mol. The van der Waals surface area contributed by atoms with Gasteiger partial charge in [0.25, 0.3) is 0 Å². The Bertz CT molecular complexity index is 1310. The van der Waals surface area contributed by atoms with E-state index in [-0.39, 0.29) is 31.4 Å². The van der Waals surface area contributed by atoms with Crippen molar-refractivity contribution in [2.45, 2.75) is 234 Å². The number of fused-ring (bicyclic) bond motifs is 5. The first-order valence-electron chi connectivity index (χ1n) is 27.7. The number of rotatable bonds is 32. The number of allylic oxidation sites excluding steroid dienone is 3. The van der Waals surface area contributed by atoms with E-state index in [0.29, 0.717) is 24.0 Å². The Morgan fingerprint density at radius 2 is 1.49 bits per heavy atom. The van der Waals surface area contributed by atoms with E-state index in [0.717, 1.165) is 81.0 Å². The number of nitrogens with zero attached hydrogens (tertiary/aromatic N) is 1. The molecule has 4 fully saturated rings. The van der Waals surface area contributed by atoms with Crippen LogP contribution in [0.3, 0.4) is 0 Å². The van der Waals surface area contributed by atoms with Gasteiger partial charge in [0.2, 0.25) is 0 Å². The molecule has 0 aromatic heterocycles. The second-order valence-corrected chi connectivity index (χ2v) is 22.6. The third-order valence-corrected chi connectivity index (χ3v) is 17.4. The van der Waals surface area contributed by atoms with Gasteiger partial charge in [-0.2, -0.15) is 0 Å². The lowest BCUT2D eigenvalue weighted by atomic mass is 9.47. The lowest BCUT2D eigenvalue weighted by Gasteiger charge is -2.58. The summed E-state index contributed by atoms with van der Waals surface area (Å²) < 4.78 is 24.4. The number of ether oxygens (including phenoxy) is 4. The summed E-state index contributed by atoms with van der Waals surface area (Å²) in [7, 11) is 0. The van der Waals surface area contributed by atoms with Crippen molar-refractivity contribution in [3.8, 4) is 0 Å². The fourth-order valence-corrected chi connectivity index (χ4v) is 13.6. The summed E-state index contributed by atoms with van der Waals surface area (Å²) in [6, 6.07) is 0. The standard InChI is InChI=1S/C57H101NO5/c1-7-8-9-10-11-12-13-14-15-16-17-18-19-20-21-25-39-60-44-50(43-58-37-23-22-24-38-58)61-40-41-62-55(59)45-63-49-33-35-56(5)48(42-49)29-30-51-53-32-31-52(47(4)28-26-27-46(2)3)57(53,6)36-34-54(51)56/h14-15,29,46-47,49-54H,7-13,16-28,30-45H2,1-6H3. The molecular weight excluding hydrogens is 779 g/mol. The molecule has 0 spiro atoms. The number of likely N-dealkylation sites (tertiary alicyclic amines) is 1. The molecule has 5 rings (SSSR count). The molecule has 5 aliphatic rings. The van der Waals surface area contributed by atoms with Crippen LogP contribution < -0.4 is 0 Å². The zero-order valence-electron chi connectivity index (χ0n) is 42.3. The Morgan fingerprint density at radius 1 is 0.778 bits per heavy atom. The smallest absolute Gasteiger partial charge is 0.332 e. The highest BCUT2D eigenvalue weighted by atomic mass is 16.6. The molecule has 0 amide bonds. The van der Waals surface area contributed by atoms with Crippen molar-refractivity contribution in [2.75, 3.05) is 52.7 Å². The summed E-state index contributed by atoms with van der Waals surface area (Å²) in [4.78, 5) is 15.4. The highest BCUT2D eigenvalue weighted by Crippen LogP contribution is 2.67. The highest BCUT2D eigenvalue weighted by Gasteiger charge is 2.59. The van der Waals surface area contributed by atoms with Crippen LogP contribution in [-0.2, 0) is 23.7 Å². The van der Waals surface area contributed by atoms with E-state index >= 15 is 0 Å². The minimum atomic E-state index is -0.269. The maximum Gasteiger partial charge on any atom is 0.332 e. The summed E-state index contributed by atoms with van der Waals surface area (Å²) in [6.45, 7) is 20.2. The van der Waals surface area contributed by atoms with E-state index < -0.39 is 0 Å². The zero-order chi connectivity index (χ0) is 44.8. The molecule has 1 saturated heterocycles. The van der Waals surface area contributed by atoms with Gasteiger partial charge in [-0.3, -0.25) is 0 Å². The van der Waals surface area contributed by atoms with Crippen LogP contribution in [0.5, 0.6) is 0 Å². The fourth-order valence-electron chi connectivity index (χ4n) is 13.6. The lowest BCUT2D eigenvalue weighted by Crippen LogP contribution is -2.51. The van der Waals surface area contributed by atoms with Crippen molar-refractivity contribution in [3.05, 3.63) is 23.8 Å². The van der Waals surface area contributed by atoms with Gasteiger partial charge < -0.3 is 23.8 Å². The Morgan fingerprint density at radius 3 is 2.22 bits per heavy atom. The number of hydrogen-bond acceptors (Lipinski definition) is 6. The fraction of sp³-hybridized carbons (Fsp3) is 0.912. The minimum absolute atomic E-state index is 0.00297. The van der Waals surface area contributed by atoms with E-state index in [4.69, 9.17) is 18.9 Å². The molecule has 9 unspecified atom stereocenters. The van der Waals surface area contributed by atoms with Gasteiger partial charge in [0.05, 0.1) is 25.4 Å². The molecule has 6 nitrogen and oxygen atoms in total. The van der Waals surface area contributed by atoms with Gasteiger partial charge in [-0.15, -0.1) is 0 Å². The Labute approximate surface area is 389 Å². The molecule has 9 atom stereocenters. The molecule has 3 saturated carbocycles. The first-order valence-corrected chi connectivity index (χ1v) is 27.7. The molecule has 0 radical (unpaired) electrons. The Balaban J connectivity index is 0.928. The molecule has 364 valence electrons. The van der Waals surface area contributed by atoms with Crippen LogP contribution in [0.4, 0.5) is 0 Å². The van der Waals surface area contributed by atoms with E-state index in [9.17, 15) is 4.79 Å². The third-order valence-electron chi connectivity index (χ3n) is 17.4. The monoisotopic (exact) mass is 880 g/mol. The van der Waals surface area contributed by atoms with Crippen molar-refractivity contribution in [1.29, 1.82) is 0 Å². The zero-order valence-corrected chi connectivity index (χ0v) is 42.3. The quantitative estimate of drug-likeness (QED) is 0.0381. The van der Waals surface area contributed by atoms with Crippen molar-refractivity contribution in [3.63, 3.8) is 0 Å². The molecule has 0 bridgehead atoms. The van der Waals surface area contributed by atoms with Crippen molar-refractivity contribution in [2.24, 2.45) is 46.3 Å². The van der Waals surface area contributed by atoms with Gasteiger partial charge in [0.1, 0.15) is 13.2 Å². The second kappa shape index (κ2) is 28.9. The first-order chi connectivity index (χ1) is 30.6. The predicted molar refractivity (Wildman–Crippen MR) is 264 cm³/mol. The largest absolute Gasteiger partial charge is 0.462 e. The number of unbranched alkanes of at least 4 members (excludes halogenated alkanes) is 12. The van der Waals surface area contributed by atoms with Crippen LogP contribution in [0.1, 0.15) is 221 Å². The Kier molecular flexibility index (Phi) is 24.2. The van der Waals surface area contributed by atoms with Gasteiger partial charge >= 0.3 is 5.97 Å². The molecule has 63 heavy (non-hydrogen) atoms. The van der Waals surface area contributed by atoms with E-state index in [1.807, 2.05) is 0 Å². The summed E-state index contributed by atoms with van der Waals surface area (Å²) in [5, 5.41) is 0. The summed E-state index contributed by atoms with van der Waals surface area (Å²) in [5.74, 6) is 4.84. The van der Waals surface area contributed by atoms with Gasteiger partial charge in [0.15, 0.2) is 0 Å². The van der Waals surface area contributed by atoms with Gasteiger partial charge in [-0.1, -0.05) is 149 Å². The molecule has 0 N–H and O–H groups in total. The van der Waals surface area contributed by atoms with Crippen LogP contribution in [-0.4, -0.2) is 75.7 Å². The van der Waals surface area contributed by atoms with Crippen LogP contribution in [0, 0.1) is 46.3 Å². The molecule has 1 heterocycles. The molecular formula is C57H101NO5. The number of esters is 1. The first kappa shape index (κ1) is 52.8. The normalized spacial score (nSPS) is 29.6. The van der Waals surface area contributed by atoms with Crippen molar-refractivity contribution >= 4 is 5.97 Å². The van der Waals surface area contributed by atoms with E-state index in [1.165, 1.54) is 161 Å². The molecule has 1 aliphatic heterocycles. The molecule has 4 aliphatic carbocycles. The third kappa shape index (κ3) is 17.1. The van der Waals surface area contributed by atoms with Crippen LogP contribution in [0.2, 0.25) is 0 Å². The maximum absolute atomic E-state index is 12.9. The highest BCUT2D eigenvalue weighted by molar-refractivity contribution is 5.70. The van der Waals surface area contributed by atoms with Crippen LogP contribution in [0.15, 0.2) is 23.8 Å². The second-order valence-electron chi connectivity index (χ2n) is 22.6. The van der Waals surface area contributed by atoms with Gasteiger partial charge in [-0.05, 0) is 156 Å². The number of carbonyl (C=O) groups excluding carboxylic acids is 1. The van der Waals surface area contributed by atoms with Gasteiger partial charge in [-0.25, -0.2) is 4.79 Å². The topological polar surface area (TPSA) is 57.2 Å². The maximum atomic E-state index is 12.9. The van der Waals surface area contributed by atoms with Crippen LogP contribution in [0.25, 0.3) is 0 Å². The van der Waals surface area contributed by atoms with Crippen molar-refractivity contribution < 1.29 is 23.7 Å². The van der Waals surface area contributed by atoms with Crippen molar-refractivity contribution in [1.82, 2.24) is 4.90 Å². The molecule has 0 aromatic carbocycles. The van der Waals surface area contributed by atoms with Gasteiger partial charge in [0, 0.05) is 13.2 Å². The van der Waals surface area contributed by atoms with E-state index in [1.54, 1.807) is 5.57 Å². The summed E-state index contributed by atoms with van der Waals surface area (Å²) >= 11 is 0. The average Bonchev–Trinajstić information content (AvgIpc) is 3.64. The number of hydrogen-bond donors (Lipinski definition) is 0. The van der Waals surface area contributed by atoms with Crippen LogP contribution >= 0.6 is 0 Å². The van der Waals surface area contributed by atoms with E-state index in [2.05, 4.69) is 64.7 Å².